The maximum atomic E-state index is 11.9. The molecule has 7 nitrogen and oxygen atoms in total. The standard InChI is InChI=1S/C26H29N5O2S/c1-33-17-23(32)28-19-9-11-21(12-10-19)31-25(18-13-15-30(16-18)20-6-2-3-7-20)24(29-26(31)34)22-8-4-5-14-27-22/h4-5,8-16,20,24-25H,2-3,6-7,17H2,1H3,(H,28,32)(H,29,34). The van der Waals surface area contributed by atoms with E-state index in [1.807, 2.05) is 48.7 Å². The predicted octanol–water partition coefficient (Wildman–Crippen LogP) is 4.76. The van der Waals surface area contributed by atoms with E-state index in [4.69, 9.17) is 17.0 Å². The Balaban J connectivity index is 1.47. The zero-order valence-electron chi connectivity index (χ0n) is 19.2. The van der Waals surface area contributed by atoms with E-state index >= 15 is 0 Å². The van der Waals surface area contributed by atoms with Crippen molar-refractivity contribution in [1.29, 1.82) is 0 Å². The second-order valence-corrected chi connectivity index (χ2v) is 9.24. The molecule has 2 aliphatic rings. The van der Waals surface area contributed by atoms with Crippen molar-refractivity contribution < 1.29 is 9.53 Å². The molecule has 0 spiro atoms. The number of hydrogen-bond acceptors (Lipinski definition) is 4. The fourth-order valence-corrected chi connectivity index (χ4v) is 5.39. The monoisotopic (exact) mass is 475 g/mol. The first-order valence-corrected chi connectivity index (χ1v) is 12.1. The van der Waals surface area contributed by atoms with E-state index in [-0.39, 0.29) is 24.6 Å². The minimum Gasteiger partial charge on any atom is -0.375 e. The molecule has 2 N–H and O–H groups in total. The van der Waals surface area contributed by atoms with Crippen LogP contribution in [0.4, 0.5) is 11.4 Å². The van der Waals surface area contributed by atoms with Crippen molar-refractivity contribution >= 4 is 34.6 Å². The van der Waals surface area contributed by atoms with Crippen LogP contribution in [0.5, 0.6) is 0 Å². The third kappa shape index (κ3) is 4.56. The molecule has 1 aliphatic heterocycles. The number of carbonyl (C=O) groups is 1. The molecule has 1 aliphatic carbocycles. The number of benzene rings is 1. The van der Waals surface area contributed by atoms with Crippen LogP contribution in [0.25, 0.3) is 0 Å². The number of anilines is 2. The van der Waals surface area contributed by atoms with Gasteiger partial charge in [-0.3, -0.25) is 9.78 Å². The van der Waals surface area contributed by atoms with Gasteiger partial charge >= 0.3 is 0 Å². The van der Waals surface area contributed by atoms with E-state index < -0.39 is 0 Å². The molecule has 3 aromatic rings. The van der Waals surface area contributed by atoms with Crippen LogP contribution in [0.1, 0.15) is 55.1 Å². The van der Waals surface area contributed by atoms with Crippen molar-refractivity contribution in [3.63, 3.8) is 0 Å². The molecular weight excluding hydrogens is 446 g/mol. The lowest BCUT2D eigenvalue weighted by Gasteiger charge is -2.27. The molecule has 2 atom stereocenters. The van der Waals surface area contributed by atoms with E-state index in [1.54, 1.807) is 0 Å². The molecule has 2 fully saturated rings. The second kappa shape index (κ2) is 9.95. The van der Waals surface area contributed by atoms with Gasteiger partial charge in [-0.05, 0) is 73.1 Å². The Morgan fingerprint density at radius 2 is 1.97 bits per heavy atom. The molecule has 1 saturated carbocycles. The molecule has 34 heavy (non-hydrogen) atoms. The van der Waals surface area contributed by atoms with Crippen LogP contribution < -0.4 is 15.5 Å². The van der Waals surface area contributed by atoms with Crippen molar-refractivity contribution in [2.24, 2.45) is 0 Å². The highest BCUT2D eigenvalue weighted by atomic mass is 32.1. The summed E-state index contributed by atoms with van der Waals surface area (Å²) in [5.74, 6) is -0.185. The van der Waals surface area contributed by atoms with Gasteiger partial charge in [-0.25, -0.2) is 0 Å². The summed E-state index contributed by atoms with van der Waals surface area (Å²) in [7, 11) is 1.50. The molecule has 5 rings (SSSR count). The Morgan fingerprint density at radius 1 is 1.18 bits per heavy atom. The lowest BCUT2D eigenvalue weighted by molar-refractivity contribution is -0.119. The van der Waals surface area contributed by atoms with Crippen molar-refractivity contribution in [2.75, 3.05) is 23.9 Å². The Morgan fingerprint density at radius 3 is 2.68 bits per heavy atom. The molecule has 176 valence electrons. The van der Waals surface area contributed by atoms with Crippen molar-refractivity contribution in [3.8, 4) is 0 Å². The lowest BCUT2D eigenvalue weighted by atomic mass is 9.98. The topological polar surface area (TPSA) is 71.4 Å². The SMILES string of the molecule is COCC(=O)Nc1ccc(N2C(=S)NC(c3ccccn3)C2c2ccn(C3CCCC3)c2)cc1. The summed E-state index contributed by atoms with van der Waals surface area (Å²) in [5, 5.41) is 7.01. The molecule has 1 saturated heterocycles. The fourth-order valence-electron chi connectivity index (χ4n) is 5.04. The number of amides is 1. The van der Waals surface area contributed by atoms with E-state index in [2.05, 4.69) is 43.5 Å². The van der Waals surface area contributed by atoms with Gasteiger partial charge in [-0.1, -0.05) is 18.9 Å². The summed E-state index contributed by atoms with van der Waals surface area (Å²) in [4.78, 5) is 18.7. The van der Waals surface area contributed by atoms with Crippen LogP contribution in [-0.2, 0) is 9.53 Å². The van der Waals surface area contributed by atoms with Gasteiger partial charge in [0.05, 0.1) is 17.8 Å². The first kappa shape index (κ1) is 22.6. The lowest BCUT2D eigenvalue weighted by Crippen LogP contribution is -2.29. The van der Waals surface area contributed by atoms with Crippen LogP contribution in [-0.4, -0.2) is 34.3 Å². The quantitative estimate of drug-likeness (QED) is 0.480. The molecule has 3 heterocycles. The molecule has 2 unspecified atom stereocenters. The number of pyridine rings is 1. The third-order valence-electron chi connectivity index (χ3n) is 6.63. The Hall–Kier alpha value is -3.23. The number of nitrogens with zero attached hydrogens (tertiary/aromatic N) is 3. The van der Waals surface area contributed by atoms with Gasteiger partial charge in [-0.15, -0.1) is 0 Å². The average molecular weight is 476 g/mol. The molecule has 8 heteroatoms. The summed E-state index contributed by atoms with van der Waals surface area (Å²) < 4.78 is 7.26. The van der Waals surface area contributed by atoms with Crippen LogP contribution in [0.2, 0.25) is 0 Å². The van der Waals surface area contributed by atoms with Gasteiger partial charge in [0.25, 0.3) is 0 Å². The molecular formula is C26H29N5O2S. The largest absolute Gasteiger partial charge is 0.375 e. The van der Waals surface area contributed by atoms with E-state index in [1.165, 1.54) is 38.4 Å². The Kier molecular flexibility index (Phi) is 6.60. The minimum absolute atomic E-state index is 0.0215. The van der Waals surface area contributed by atoms with Crippen molar-refractivity contribution in [1.82, 2.24) is 14.9 Å². The van der Waals surface area contributed by atoms with Gasteiger partial charge < -0.3 is 24.8 Å². The summed E-state index contributed by atoms with van der Waals surface area (Å²) in [6, 6.07) is 16.4. The van der Waals surface area contributed by atoms with Crippen LogP contribution in [0.15, 0.2) is 67.1 Å². The number of rotatable bonds is 7. The molecule has 0 bridgehead atoms. The average Bonchev–Trinajstić information content (AvgIpc) is 3.60. The maximum absolute atomic E-state index is 11.9. The highest BCUT2D eigenvalue weighted by molar-refractivity contribution is 7.80. The predicted molar refractivity (Wildman–Crippen MR) is 137 cm³/mol. The van der Waals surface area contributed by atoms with Gasteiger partial charge in [0.2, 0.25) is 5.91 Å². The highest BCUT2D eigenvalue weighted by Crippen LogP contribution is 2.42. The van der Waals surface area contributed by atoms with E-state index in [9.17, 15) is 4.79 Å². The number of thiocarbonyl (C=S) groups is 1. The summed E-state index contributed by atoms with van der Waals surface area (Å²) in [6.45, 7) is 0.0215. The third-order valence-corrected chi connectivity index (χ3v) is 6.94. The minimum atomic E-state index is -0.185. The second-order valence-electron chi connectivity index (χ2n) is 8.85. The van der Waals surface area contributed by atoms with Gasteiger partial charge in [-0.2, -0.15) is 0 Å². The molecule has 0 radical (unpaired) electrons. The van der Waals surface area contributed by atoms with Crippen molar-refractivity contribution in [3.05, 3.63) is 78.4 Å². The first-order chi connectivity index (χ1) is 16.6. The Labute approximate surface area is 205 Å². The molecule has 2 aromatic heterocycles. The van der Waals surface area contributed by atoms with Gasteiger partial charge in [0.15, 0.2) is 5.11 Å². The van der Waals surface area contributed by atoms with E-state index in [0.29, 0.717) is 16.8 Å². The van der Waals surface area contributed by atoms with Gasteiger partial charge in [0, 0.05) is 43.1 Å². The number of nitrogens with one attached hydrogen (secondary N) is 2. The highest BCUT2D eigenvalue weighted by Gasteiger charge is 2.41. The number of ether oxygens (including phenoxy) is 1. The number of methoxy groups -OCH3 is 1. The zero-order valence-corrected chi connectivity index (χ0v) is 20.0. The van der Waals surface area contributed by atoms with Crippen LogP contribution >= 0.6 is 12.2 Å². The zero-order chi connectivity index (χ0) is 23.5. The van der Waals surface area contributed by atoms with Crippen molar-refractivity contribution in [2.45, 2.75) is 43.8 Å². The van der Waals surface area contributed by atoms with Gasteiger partial charge in [0.1, 0.15) is 6.61 Å². The Bertz CT molecular complexity index is 1140. The first-order valence-electron chi connectivity index (χ1n) is 11.7. The summed E-state index contributed by atoms with van der Waals surface area (Å²) in [5.41, 5.74) is 3.83. The number of carbonyl (C=O) groups excluding carboxylic acids is 1. The smallest absolute Gasteiger partial charge is 0.250 e. The summed E-state index contributed by atoms with van der Waals surface area (Å²) >= 11 is 5.82. The normalized spacial score (nSPS) is 20.5. The van der Waals surface area contributed by atoms with Crippen LogP contribution in [0.3, 0.4) is 0 Å². The number of aromatic nitrogens is 2. The maximum Gasteiger partial charge on any atom is 0.250 e. The summed E-state index contributed by atoms with van der Waals surface area (Å²) in [6.07, 6.45) is 11.4. The molecule has 1 aromatic carbocycles. The number of hydrogen-bond donors (Lipinski definition) is 2. The van der Waals surface area contributed by atoms with Crippen LogP contribution in [0, 0.1) is 0 Å². The van der Waals surface area contributed by atoms with E-state index in [0.717, 1.165) is 11.4 Å². The molecule has 1 amide bonds. The fraction of sp³-hybridized carbons (Fsp3) is 0.346.